The van der Waals surface area contributed by atoms with Crippen molar-refractivity contribution < 1.29 is 8.42 Å². The zero-order valence-electron chi connectivity index (χ0n) is 13.1. The van der Waals surface area contributed by atoms with E-state index in [2.05, 4.69) is 18.6 Å². The number of sulfonamides is 1. The zero-order chi connectivity index (χ0) is 15.6. The minimum atomic E-state index is -3.49. The molecule has 1 aromatic rings. The van der Waals surface area contributed by atoms with Gasteiger partial charge in [-0.05, 0) is 42.4 Å². The van der Waals surface area contributed by atoms with Crippen LogP contribution in [0.15, 0.2) is 23.1 Å². The van der Waals surface area contributed by atoms with E-state index in [4.69, 9.17) is 5.73 Å². The van der Waals surface area contributed by atoms with Crippen LogP contribution in [0.2, 0.25) is 0 Å². The third kappa shape index (κ3) is 3.58. The first-order valence-corrected chi connectivity index (χ1v) is 9.24. The van der Waals surface area contributed by atoms with Gasteiger partial charge in [0.15, 0.2) is 0 Å². The second kappa shape index (κ2) is 6.36. The average Bonchev–Trinajstić information content (AvgIpc) is 2.43. The number of hydrogen-bond acceptors (Lipinski definition) is 3. The molecule has 1 aromatic carbocycles. The van der Waals surface area contributed by atoms with Gasteiger partial charge in [0.1, 0.15) is 0 Å². The lowest BCUT2D eigenvalue weighted by Crippen LogP contribution is -2.43. The van der Waals surface area contributed by atoms with Crippen LogP contribution >= 0.6 is 0 Å². The summed E-state index contributed by atoms with van der Waals surface area (Å²) in [5.74, 6) is 0.916. The standard InChI is InChI=1S/C16H26N2O2S/c1-4-13-8-9-14(10-15(13)17)21(19,20)18-16-7-5-6-11(2)12(16)3/h8-12,16,18H,4-7,17H2,1-3H3. The number of nitrogen functional groups attached to an aromatic ring is 1. The van der Waals surface area contributed by atoms with Gasteiger partial charge in [-0.3, -0.25) is 0 Å². The van der Waals surface area contributed by atoms with Crippen molar-refractivity contribution in [3.05, 3.63) is 23.8 Å². The first kappa shape index (κ1) is 16.3. The summed E-state index contributed by atoms with van der Waals surface area (Å²) in [6, 6.07) is 5.04. The molecule has 5 heteroatoms. The Morgan fingerprint density at radius 1 is 1.29 bits per heavy atom. The fraction of sp³-hybridized carbons (Fsp3) is 0.625. The maximum Gasteiger partial charge on any atom is 0.240 e. The molecular formula is C16H26N2O2S. The SMILES string of the molecule is CCc1ccc(S(=O)(=O)NC2CCCC(C)C2C)cc1N. The van der Waals surface area contributed by atoms with Crippen LogP contribution in [-0.4, -0.2) is 14.5 Å². The normalized spacial score (nSPS) is 26.7. The predicted octanol–water partition coefficient (Wildman–Crippen LogP) is 2.93. The molecule has 0 bridgehead atoms. The van der Waals surface area contributed by atoms with Gasteiger partial charge in [0.25, 0.3) is 0 Å². The third-order valence-corrected chi connectivity index (χ3v) is 6.31. The molecule has 0 saturated heterocycles. The number of rotatable bonds is 4. The summed E-state index contributed by atoms with van der Waals surface area (Å²) in [6.07, 6.45) is 3.97. The maximum atomic E-state index is 12.5. The van der Waals surface area contributed by atoms with E-state index >= 15 is 0 Å². The van der Waals surface area contributed by atoms with Crippen molar-refractivity contribution in [1.82, 2.24) is 4.72 Å². The predicted molar refractivity (Wildman–Crippen MR) is 86.5 cm³/mol. The fourth-order valence-electron chi connectivity index (χ4n) is 3.08. The Morgan fingerprint density at radius 2 is 2.00 bits per heavy atom. The number of nitrogens with one attached hydrogen (secondary N) is 1. The summed E-state index contributed by atoms with van der Waals surface area (Å²) >= 11 is 0. The largest absolute Gasteiger partial charge is 0.398 e. The van der Waals surface area contributed by atoms with Crippen LogP contribution in [0.1, 0.15) is 45.6 Å². The smallest absolute Gasteiger partial charge is 0.240 e. The Morgan fingerprint density at radius 3 is 2.62 bits per heavy atom. The molecule has 21 heavy (non-hydrogen) atoms. The van der Waals surface area contributed by atoms with E-state index in [0.29, 0.717) is 17.5 Å². The molecule has 0 aromatic heterocycles. The van der Waals surface area contributed by atoms with E-state index in [9.17, 15) is 8.42 Å². The average molecular weight is 310 g/mol. The molecule has 0 aliphatic heterocycles. The van der Waals surface area contributed by atoms with Crippen molar-refractivity contribution in [3.8, 4) is 0 Å². The topological polar surface area (TPSA) is 72.2 Å². The molecule has 1 aliphatic rings. The highest BCUT2D eigenvalue weighted by Crippen LogP contribution is 2.30. The molecule has 3 N–H and O–H groups in total. The molecule has 0 heterocycles. The molecule has 0 radical (unpaired) electrons. The Hall–Kier alpha value is -1.07. The molecule has 0 spiro atoms. The molecule has 1 saturated carbocycles. The Labute approximate surface area is 128 Å². The summed E-state index contributed by atoms with van der Waals surface area (Å²) in [7, 11) is -3.49. The van der Waals surface area contributed by atoms with Crippen LogP contribution in [0.3, 0.4) is 0 Å². The second-order valence-corrected chi connectivity index (χ2v) is 7.92. The molecule has 2 rings (SSSR count). The van der Waals surface area contributed by atoms with Gasteiger partial charge in [0, 0.05) is 11.7 Å². The first-order valence-electron chi connectivity index (χ1n) is 7.76. The number of aryl methyl sites for hydroxylation is 1. The zero-order valence-corrected chi connectivity index (χ0v) is 13.9. The second-order valence-electron chi connectivity index (χ2n) is 6.21. The minimum absolute atomic E-state index is 0.0193. The number of benzene rings is 1. The molecular weight excluding hydrogens is 284 g/mol. The minimum Gasteiger partial charge on any atom is -0.398 e. The molecule has 4 nitrogen and oxygen atoms in total. The van der Waals surface area contributed by atoms with Crippen LogP contribution in [0, 0.1) is 11.8 Å². The van der Waals surface area contributed by atoms with Crippen LogP contribution in [0.4, 0.5) is 5.69 Å². The highest BCUT2D eigenvalue weighted by molar-refractivity contribution is 7.89. The van der Waals surface area contributed by atoms with Gasteiger partial charge < -0.3 is 5.73 Å². The van der Waals surface area contributed by atoms with E-state index in [1.807, 2.05) is 6.92 Å². The van der Waals surface area contributed by atoms with Gasteiger partial charge in [-0.2, -0.15) is 0 Å². The van der Waals surface area contributed by atoms with Crippen molar-refractivity contribution in [2.24, 2.45) is 11.8 Å². The van der Waals surface area contributed by atoms with Crippen molar-refractivity contribution in [1.29, 1.82) is 0 Å². The van der Waals surface area contributed by atoms with Crippen LogP contribution < -0.4 is 10.5 Å². The van der Waals surface area contributed by atoms with Gasteiger partial charge >= 0.3 is 0 Å². The molecule has 0 amide bonds. The third-order valence-electron chi connectivity index (χ3n) is 4.82. The molecule has 3 atom stereocenters. The van der Waals surface area contributed by atoms with Gasteiger partial charge in [-0.1, -0.05) is 39.7 Å². The number of nitrogens with two attached hydrogens (primary N) is 1. The van der Waals surface area contributed by atoms with Gasteiger partial charge in [0.05, 0.1) is 4.90 Å². The highest BCUT2D eigenvalue weighted by atomic mass is 32.2. The van der Waals surface area contributed by atoms with E-state index in [-0.39, 0.29) is 10.9 Å². The lowest BCUT2D eigenvalue weighted by molar-refractivity contribution is 0.227. The van der Waals surface area contributed by atoms with E-state index < -0.39 is 10.0 Å². The first-order chi connectivity index (χ1) is 9.85. The van der Waals surface area contributed by atoms with Gasteiger partial charge in [-0.25, -0.2) is 13.1 Å². The summed E-state index contributed by atoms with van der Waals surface area (Å²) in [5.41, 5.74) is 7.45. The Kier molecular flexibility index (Phi) is 4.94. The number of anilines is 1. The van der Waals surface area contributed by atoms with Crippen molar-refractivity contribution in [2.75, 3.05) is 5.73 Å². The Balaban J connectivity index is 2.20. The summed E-state index contributed by atoms with van der Waals surface area (Å²) < 4.78 is 27.9. The lowest BCUT2D eigenvalue weighted by Gasteiger charge is -2.34. The highest BCUT2D eigenvalue weighted by Gasteiger charge is 2.30. The van der Waals surface area contributed by atoms with Crippen LogP contribution in [-0.2, 0) is 16.4 Å². The fourth-order valence-corrected chi connectivity index (χ4v) is 4.47. The van der Waals surface area contributed by atoms with Crippen molar-refractivity contribution in [3.63, 3.8) is 0 Å². The van der Waals surface area contributed by atoms with Gasteiger partial charge in [-0.15, -0.1) is 0 Å². The maximum absolute atomic E-state index is 12.5. The van der Waals surface area contributed by atoms with Gasteiger partial charge in [0.2, 0.25) is 10.0 Å². The van der Waals surface area contributed by atoms with Crippen LogP contribution in [0.25, 0.3) is 0 Å². The Bertz CT molecular complexity index is 598. The summed E-state index contributed by atoms with van der Waals surface area (Å²) in [4.78, 5) is 0.266. The molecule has 1 aliphatic carbocycles. The monoisotopic (exact) mass is 310 g/mol. The van der Waals surface area contributed by atoms with Crippen molar-refractivity contribution in [2.45, 2.75) is 57.4 Å². The molecule has 118 valence electrons. The van der Waals surface area contributed by atoms with E-state index in [0.717, 1.165) is 24.8 Å². The quantitative estimate of drug-likeness (QED) is 0.840. The van der Waals surface area contributed by atoms with E-state index in [1.54, 1.807) is 18.2 Å². The lowest BCUT2D eigenvalue weighted by atomic mass is 9.78. The molecule has 3 unspecified atom stereocenters. The van der Waals surface area contributed by atoms with Crippen LogP contribution in [0.5, 0.6) is 0 Å². The summed E-state index contributed by atoms with van der Waals surface area (Å²) in [5, 5.41) is 0. The number of hydrogen-bond donors (Lipinski definition) is 2. The van der Waals surface area contributed by atoms with Crippen molar-refractivity contribution >= 4 is 15.7 Å². The van der Waals surface area contributed by atoms with E-state index in [1.165, 1.54) is 6.42 Å². The summed E-state index contributed by atoms with van der Waals surface area (Å²) in [6.45, 7) is 6.33. The molecule has 1 fully saturated rings.